The number of rotatable bonds is 13. The molecule has 0 unspecified atom stereocenters. The van der Waals surface area contributed by atoms with Crippen molar-refractivity contribution in [2.45, 2.75) is 46.5 Å². The van der Waals surface area contributed by atoms with Gasteiger partial charge in [0.25, 0.3) is 0 Å². The van der Waals surface area contributed by atoms with E-state index in [2.05, 4.69) is 91.3 Å². The molecule has 158 valence electrons. The van der Waals surface area contributed by atoms with Crippen molar-refractivity contribution in [2.75, 3.05) is 42.6 Å². The Hall–Kier alpha value is -2.26. The second-order valence-corrected chi connectivity index (χ2v) is 7.51. The van der Waals surface area contributed by atoms with Crippen molar-refractivity contribution >= 4 is 23.5 Å². The molecule has 2 aromatic carbocycles. The Bertz CT molecular complexity index is 698. The third-order valence-corrected chi connectivity index (χ3v) is 5.30. The molecular formula is C26H38N2O. The quantitative estimate of drug-likeness (QED) is 0.417. The summed E-state index contributed by atoms with van der Waals surface area (Å²) in [5.74, 6) is 0. The molecule has 3 heteroatoms. The number of likely N-dealkylation sites (N-methyl/N-ethyl adjacent to an activating group) is 1. The third kappa shape index (κ3) is 7.58. The molecule has 0 aliphatic heterocycles. The predicted octanol–water partition coefficient (Wildman–Crippen LogP) is 6.08. The molecule has 0 spiro atoms. The number of anilines is 2. The number of aliphatic hydroxyl groups is 1. The van der Waals surface area contributed by atoms with Gasteiger partial charge in [-0.2, -0.15) is 0 Å². The molecule has 0 aromatic heterocycles. The van der Waals surface area contributed by atoms with Gasteiger partial charge in [0.1, 0.15) is 0 Å². The van der Waals surface area contributed by atoms with Crippen LogP contribution in [-0.2, 0) is 0 Å². The summed E-state index contributed by atoms with van der Waals surface area (Å²) >= 11 is 0. The largest absolute Gasteiger partial charge is 0.395 e. The fourth-order valence-corrected chi connectivity index (χ4v) is 3.44. The Balaban J connectivity index is 2.01. The molecule has 0 aliphatic rings. The lowest BCUT2D eigenvalue weighted by Gasteiger charge is -2.24. The number of nitrogens with zero attached hydrogens (tertiary/aromatic N) is 2. The molecule has 0 amide bonds. The summed E-state index contributed by atoms with van der Waals surface area (Å²) in [6.07, 6.45) is 9.29. The second-order valence-electron chi connectivity index (χ2n) is 7.51. The number of unbranched alkanes of at least 4 members (excludes halogenated alkanes) is 2. The van der Waals surface area contributed by atoms with E-state index in [4.69, 9.17) is 0 Å². The lowest BCUT2D eigenvalue weighted by Crippen LogP contribution is -2.25. The van der Waals surface area contributed by atoms with Crippen LogP contribution in [0.2, 0.25) is 0 Å². The zero-order valence-corrected chi connectivity index (χ0v) is 18.5. The van der Waals surface area contributed by atoms with Gasteiger partial charge in [-0.15, -0.1) is 0 Å². The predicted molar refractivity (Wildman–Crippen MR) is 129 cm³/mol. The molecule has 2 aromatic rings. The van der Waals surface area contributed by atoms with Crippen LogP contribution in [0.25, 0.3) is 12.2 Å². The first-order valence-electron chi connectivity index (χ1n) is 11.2. The van der Waals surface area contributed by atoms with Crippen molar-refractivity contribution in [3.63, 3.8) is 0 Å². The molecule has 3 nitrogen and oxygen atoms in total. The van der Waals surface area contributed by atoms with Crippen molar-refractivity contribution < 1.29 is 5.11 Å². The van der Waals surface area contributed by atoms with E-state index in [9.17, 15) is 5.11 Å². The van der Waals surface area contributed by atoms with Crippen molar-refractivity contribution in [2.24, 2.45) is 0 Å². The first-order chi connectivity index (χ1) is 14.2. The molecule has 0 fully saturated rings. The summed E-state index contributed by atoms with van der Waals surface area (Å²) in [6.45, 7) is 10.7. The molecule has 29 heavy (non-hydrogen) atoms. The smallest absolute Gasteiger partial charge is 0.0606 e. The number of hydrogen-bond donors (Lipinski definition) is 1. The van der Waals surface area contributed by atoms with E-state index in [-0.39, 0.29) is 6.61 Å². The van der Waals surface area contributed by atoms with Gasteiger partial charge in [-0.3, -0.25) is 0 Å². The molecule has 0 heterocycles. The van der Waals surface area contributed by atoms with E-state index < -0.39 is 0 Å². The van der Waals surface area contributed by atoms with Crippen molar-refractivity contribution in [1.29, 1.82) is 0 Å². The van der Waals surface area contributed by atoms with E-state index in [0.29, 0.717) is 6.54 Å². The molecule has 0 radical (unpaired) electrons. The van der Waals surface area contributed by atoms with Gasteiger partial charge in [0.15, 0.2) is 0 Å². The minimum absolute atomic E-state index is 0.180. The molecule has 2 rings (SSSR count). The van der Waals surface area contributed by atoms with Gasteiger partial charge in [-0.1, -0.05) is 63.1 Å². The monoisotopic (exact) mass is 394 g/mol. The first kappa shape index (κ1) is 23.0. The van der Waals surface area contributed by atoms with Crippen molar-refractivity contribution in [3.8, 4) is 0 Å². The van der Waals surface area contributed by atoms with Crippen LogP contribution >= 0.6 is 0 Å². The van der Waals surface area contributed by atoms with Crippen LogP contribution in [0.4, 0.5) is 11.4 Å². The summed E-state index contributed by atoms with van der Waals surface area (Å²) in [4.78, 5) is 4.69. The maximum absolute atomic E-state index is 9.18. The summed E-state index contributed by atoms with van der Waals surface area (Å²) in [5.41, 5.74) is 4.89. The SMILES string of the molecule is CCCCN(CCCC)c1ccc(/C=C/c2ccc(N(CC)CCO)cc2)cc1. The molecule has 0 saturated heterocycles. The minimum Gasteiger partial charge on any atom is -0.395 e. The highest BCUT2D eigenvalue weighted by Crippen LogP contribution is 2.20. The van der Waals surface area contributed by atoms with Gasteiger partial charge in [0, 0.05) is 37.6 Å². The maximum atomic E-state index is 9.18. The van der Waals surface area contributed by atoms with Gasteiger partial charge in [-0.05, 0) is 55.2 Å². The highest BCUT2D eigenvalue weighted by Gasteiger charge is 2.05. The fourth-order valence-electron chi connectivity index (χ4n) is 3.44. The van der Waals surface area contributed by atoms with Gasteiger partial charge in [0.2, 0.25) is 0 Å². The Morgan fingerprint density at radius 1 is 0.655 bits per heavy atom. The van der Waals surface area contributed by atoms with Gasteiger partial charge < -0.3 is 14.9 Å². The van der Waals surface area contributed by atoms with Gasteiger partial charge in [0.05, 0.1) is 6.61 Å². The van der Waals surface area contributed by atoms with Crippen LogP contribution in [0.5, 0.6) is 0 Å². The van der Waals surface area contributed by atoms with Crippen LogP contribution in [-0.4, -0.2) is 37.9 Å². The number of hydrogen-bond acceptors (Lipinski definition) is 3. The van der Waals surface area contributed by atoms with Crippen molar-refractivity contribution in [1.82, 2.24) is 0 Å². The highest BCUT2D eigenvalue weighted by molar-refractivity contribution is 5.71. The molecule has 0 atom stereocenters. The van der Waals surface area contributed by atoms with Crippen LogP contribution in [0.3, 0.4) is 0 Å². The Morgan fingerprint density at radius 2 is 1.10 bits per heavy atom. The lowest BCUT2D eigenvalue weighted by molar-refractivity contribution is 0.302. The molecular weight excluding hydrogens is 356 g/mol. The van der Waals surface area contributed by atoms with E-state index in [1.807, 2.05) is 0 Å². The number of benzene rings is 2. The highest BCUT2D eigenvalue weighted by atomic mass is 16.3. The minimum atomic E-state index is 0.180. The van der Waals surface area contributed by atoms with E-state index in [0.717, 1.165) is 25.3 Å². The molecule has 1 N–H and O–H groups in total. The molecule has 0 saturated carbocycles. The average Bonchev–Trinajstić information content (AvgIpc) is 2.77. The summed E-state index contributed by atoms with van der Waals surface area (Å²) < 4.78 is 0. The van der Waals surface area contributed by atoms with Crippen LogP contribution in [0.1, 0.15) is 57.6 Å². The second kappa shape index (κ2) is 13.1. The van der Waals surface area contributed by atoms with Crippen LogP contribution in [0.15, 0.2) is 48.5 Å². The lowest BCUT2D eigenvalue weighted by atomic mass is 10.1. The average molecular weight is 395 g/mol. The first-order valence-corrected chi connectivity index (χ1v) is 11.2. The molecule has 0 aliphatic carbocycles. The zero-order chi connectivity index (χ0) is 20.9. The zero-order valence-electron chi connectivity index (χ0n) is 18.5. The standard InChI is InChI=1S/C26H38N2O/c1-4-7-19-28(20-8-5-2)26-17-13-24(14-18-26)10-9-23-11-15-25(16-12-23)27(6-3)21-22-29/h9-18,29H,4-8,19-22H2,1-3H3/b10-9+. The summed E-state index contributed by atoms with van der Waals surface area (Å²) in [6, 6.07) is 17.5. The van der Waals surface area contributed by atoms with E-state index >= 15 is 0 Å². The Morgan fingerprint density at radius 3 is 1.48 bits per heavy atom. The van der Waals surface area contributed by atoms with Crippen LogP contribution in [0, 0.1) is 0 Å². The molecule has 0 bridgehead atoms. The summed E-state index contributed by atoms with van der Waals surface area (Å²) in [7, 11) is 0. The van der Waals surface area contributed by atoms with Crippen LogP contribution < -0.4 is 9.80 Å². The number of aliphatic hydroxyl groups excluding tert-OH is 1. The van der Waals surface area contributed by atoms with E-state index in [1.165, 1.54) is 42.5 Å². The third-order valence-electron chi connectivity index (χ3n) is 5.30. The topological polar surface area (TPSA) is 26.7 Å². The van der Waals surface area contributed by atoms with E-state index in [1.54, 1.807) is 0 Å². The van der Waals surface area contributed by atoms with Crippen molar-refractivity contribution in [3.05, 3.63) is 59.7 Å². The Labute approximate surface area is 177 Å². The maximum Gasteiger partial charge on any atom is 0.0606 e. The summed E-state index contributed by atoms with van der Waals surface area (Å²) in [5, 5.41) is 9.18. The van der Waals surface area contributed by atoms with Gasteiger partial charge in [-0.25, -0.2) is 0 Å². The normalized spacial score (nSPS) is 11.2. The Kier molecular flexibility index (Phi) is 10.4. The van der Waals surface area contributed by atoms with Gasteiger partial charge >= 0.3 is 0 Å². The fraction of sp³-hybridized carbons (Fsp3) is 0.462.